The summed E-state index contributed by atoms with van der Waals surface area (Å²) < 4.78 is 0. The molecule has 0 aliphatic carbocycles. The van der Waals surface area contributed by atoms with Gasteiger partial charge < -0.3 is 10.6 Å². The number of hydrogen-bond acceptors (Lipinski definition) is 2. The van der Waals surface area contributed by atoms with E-state index >= 15 is 0 Å². The second kappa shape index (κ2) is 8.01. The maximum atomic E-state index is 5.56. The van der Waals surface area contributed by atoms with Crippen LogP contribution >= 0.6 is 24.4 Å². The smallest absolute Gasteiger partial charge is 0.111 e. The van der Waals surface area contributed by atoms with E-state index in [4.69, 9.17) is 24.4 Å². The number of thiocarbonyl (C=S) groups is 2. The molecule has 0 unspecified atom stereocenters. The fourth-order valence-corrected chi connectivity index (χ4v) is 2.97. The fraction of sp³-hybridized carbons (Fsp3) is 0.0476. The molecular weight excluding hydrogens is 344 g/mol. The summed E-state index contributed by atoms with van der Waals surface area (Å²) in [6.45, 7) is 2.04. The van der Waals surface area contributed by atoms with E-state index in [0.717, 1.165) is 28.1 Å². The highest BCUT2D eigenvalue weighted by atomic mass is 32.1. The summed E-state index contributed by atoms with van der Waals surface area (Å²) in [6.07, 6.45) is 0. The van der Waals surface area contributed by atoms with Gasteiger partial charge in [0, 0.05) is 22.5 Å². The second-order valence-electron chi connectivity index (χ2n) is 5.73. The van der Waals surface area contributed by atoms with Crippen LogP contribution in [0.4, 0.5) is 11.4 Å². The molecule has 0 bridgehead atoms. The van der Waals surface area contributed by atoms with Crippen LogP contribution in [0.25, 0.3) is 0 Å². The van der Waals surface area contributed by atoms with Gasteiger partial charge in [-0.3, -0.25) is 0 Å². The Labute approximate surface area is 158 Å². The van der Waals surface area contributed by atoms with Gasteiger partial charge in [0.25, 0.3) is 0 Å². The number of benzene rings is 3. The number of anilines is 2. The Bertz CT molecular complexity index is 819. The van der Waals surface area contributed by atoms with Gasteiger partial charge in [0.15, 0.2) is 0 Å². The third kappa shape index (κ3) is 4.72. The van der Waals surface area contributed by atoms with Crippen LogP contribution in [-0.4, -0.2) is 9.98 Å². The first-order valence-electron chi connectivity index (χ1n) is 7.96. The Hall–Kier alpha value is -2.56. The van der Waals surface area contributed by atoms with Gasteiger partial charge in [0.2, 0.25) is 0 Å². The van der Waals surface area contributed by atoms with E-state index in [1.54, 1.807) is 0 Å². The third-order valence-electron chi connectivity index (χ3n) is 3.67. The number of hydrogen-bond donors (Lipinski definition) is 2. The Balaban J connectivity index is 1.80. The quantitative estimate of drug-likeness (QED) is 0.593. The molecule has 0 aliphatic heterocycles. The molecular formula is C21H18N2S2. The van der Waals surface area contributed by atoms with Crippen molar-refractivity contribution in [3.05, 3.63) is 95.6 Å². The van der Waals surface area contributed by atoms with Crippen LogP contribution in [0.5, 0.6) is 0 Å². The minimum absolute atomic E-state index is 0.679. The van der Waals surface area contributed by atoms with Crippen molar-refractivity contribution >= 4 is 45.8 Å². The Morgan fingerprint density at radius 1 is 0.640 bits per heavy atom. The molecule has 0 saturated carbocycles. The van der Waals surface area contributed by atoms with Crippen molar-refractivity contribution < 1.29 is 0 Å². The minimum atomic E-state index is 0.679. The number of para-hydroxylation sites is 2. The first kappa shape index (κ1) is 17.3. The molecule has 2 N–H and O–H groups in total. The predicted octanol–water partition coefficient (Wildman–Crippen LogP) is 5.57. The molecule has 0 atom stereocenters. The second-order valence-corrected chi connectivity index (χ2v) is 6.54. The average Bonchev–Trinajstić information content (AvgIpc) is 2.63. The standard InChI is InChI=1S/C21H18N2S2/c1-15-12-16(20(24)22-18-8-4-2-5-9-18)14-17(13-15)21(25)23-19-10-6-3-7-11-19/h2-14H,1H3,(H,22,24)(H,23,25). The molecule has 25 heavy (non-hydrogen) atoms. The van der Waals surface area contributed by atoms with Crippen LogP contribution in [0.3, 0.4) is 0 Å². The maximum absolute atomic E-state index is 5.56. The van der Waals surface area contributed by atoms with Gasteiger partial charge in [0.1, 0.15) is 9.98 Å². The molecule has 0 spiro atoms. The molecule has 3 aromatic carbocycles. The van der Waals surface area contributed by atoms with Crippen molar-refractivity contribution in [3.8, 4) is 0 Å². The van der Waals surface area contributed by atoms with E-state index in [1.165, 1.54) is 0 Å². The van der Waals surface area contributed by atoms with Gasteiger partial charge >= 0.3 is 0 Å². The summed E-state index contributed by atoms with van der Waals surface area (Å²) in [6, 6.07) is 26.0. The van der Waals surface area contributed by atoms with Gasteiger partial charge in [-0.2, -0.15) is 0 Å². The summed E-state index contributed by atoms with van der Waals surface area (Å²) in [5, 5.41) is 6.54. The van der Waals surface area contributed by atoms with Crippen LogP contribution in [0.15, 0.2) is 78.9 Å². The van der Waals surface area contributed by atoms with Gasteiger partial charge in [0.05, 0.1) is 0 Å². The van der Waals surface area contributed by atoms with Gasteiger partial charge in [-0.25, -0.2) is 0 Å². The van der Waals surface area contributed by atoms with Crippen molar-refractivity contribution in [1.29, 1.82) is 0 Å². The lowest BCUT2D eigenvalue weighted by Gasteiger charge is -2.13. The monoisotopic (exact) mass is 362 g/mol. The zero-order valence-electron chi connectivity index (χ0n) is 13.8. The Morgan fingerprint density at radius 3 is 1.44 bits per heavy atom. The van der Waals surface area contributed by atoms with E-state index in [1.807, 2.05) is 73.7 Å². The van der Waals surface area contributed by atoms with Crippen LogP contribution in [0, 0.1) is 6.92 Å². The van der Waals surface area contributed by atoms with E-state index in [2.05, 4.69) is 22.8 Å². The molecule has 2 nitrogen and oxygen atoms in total. The topological polar surface area (TPSA) is 24.1 Å². The average molecular weight is 363 g/mol. The van der Waals surface area contributed by atoms with Gasteiger partial charge in [-0.05, 0) is 55.0 Å². The van der Waals surface area contributed by atoms with E-state index in [0.29, 0.717) is 9.98 Å². The SMILES string of the molecule is Cc1cc(C(=S)Nc2ccccc2)cc(C(=S)Nc2ccccc2)c1. The summed E-state index contributed by atoms with van der Waals surface area (Å²) in [7, 11) is 0. The van der Waals surface area contributed by atoms with Crippen molar-refractivity contribution in [3.63, 3.8) is 0 Å². The largest absolute Gasteiger partial charge is 0.346 e. The van der Waals surface area contributed by atoms with E-state index in [-0.39, 0.29) is 0 Å². The predicted molar refractivity (Wildman–Crippen MR) is 115 cm³/mol. The van der Waals surface area contributed by atoms with Crippen LogP contribution in [0.2, 0.25) is 0 Å². The Kier molecular flexibility index (Phi) is 5.53. The molecule has 0 saturated heterocycles. The highest BCUT2D eigenvalue weighted by molar-refractivity contribution is 7.81. The summed E-state index contributed by atoms with van der Waals surface area (Å²) >= 11 is 11.1. The molecule has 124 valence electrons. The first-order valence-corrected chi connectivity index (χ1v) is 8.78. The molecule has 3 rings (SSSR count). The highest BCUT2D eigenvalue weighted by Gasteiger charge is 2.08. The molecule has 0 aromatic heterocycles. The fourth-order valence-electron chi connectivity index (χ4n) is 2.49. The van der Waals surface area contributed by atoms with Crippen molar-refractivity contribution in [2.24, 2.45) is 0 Å². The summed E-state index contributed by atoms with van der Waals surface area (Å²) in [4.78, 5) is 1.36. The molecule has 4 heteroatoms. The summed E-state index contributed by atoms with van der Waals surface area (Å²) in [5.41, 5.74) is 4.96. The van der Waals surface area contributed by atoms with E-state index < -0.39 is 0 Å². The maximum Gasteiger partial charge on any atom is 0.111 e. The zero-order valence-corrected chi connectivity index (χ0v) is 15.5. The molecule has 0 radical (unpaired) electrons. The van der Waals surface area contributed by atoms with Crippen LogP contribution < -0.4 is 10.6 Å². The normalized spacial score (nSPS) is 10.1. The number of nitrogens with one attached hydrogen (secondary N) is 2. The van der Waals surface area contributed by atoms with Gasteiger partial charge in [-0.1, -0.05) is 60.8 Å². The lowest BCUT2D eigenvalue weighted by molar-refractivity contribution is 1.44. The van der Waals surface area contributed by atoms with Crippen molar-refractivity contribution in [2.45, 2.75) is 6.92 Å². The lowest BCUT2D eigenvalue weighted by atomic mass is 10.1. The van der Waals surface area contributed by atoms with Gasteiger partial charge in [-0.15, -0.1) is 0 Å². The first-order chi connectivity index (χ1) is 12.1. The number of aryl methyl sites for hydroxylation is 1. The summed E-state index contributed by atoms with van der Waals surface area (Å²) in [5.74, 6) is 0. The van der Waals surface area contributed by atoms with Crippen LogP contribution in [0.1, 0.15) is 16.7 Å². The zero-order chi connectivity index (χ0) is 17.6. The third-order valence-corrected chi connectivity index (χ3v) is 4.34. The molecule has 0 aliphatic rings. The van der Waals surface area contributed by atoms with Crippen molar-refractivity contribution in [1.82, 2.24) is 0 Å². The minimum Gasteiger partial charge on any atom is -0.346 e. The Morgan fingerprint density at radius 2 is 1.04 bits per heavy atom. The van der Waals surface area contributed by atoms with Crippen LogP contribution in [-0.2, 0) is 0 Å². The lowest BCUT2D eigenvalue weighted by Crippen LogP contribution is -2.14. The highest BCUT2D eigenvalue weighted by Crippen LogP contribution is 2.16. The van der Waals surface area contributed by atoms with E-state index in [9.17, 15) is 0 Å². The molecule has 3 aromatic rings. The molecule has 0 fully saturated rings. The molecule has 0 heterocycles. The number of rotatable bonds is 4. The molecule has 0 amide bonds. The van der Waals surface area contributed by atoms with Crippen molar-refractivity contribution in [2.75, 3.05) is 10.6 Å².